The smallest absolute Gasteiger partial charge is 0.124 e. The maximum absolute atomic E-state index is 6.02. The van der Waals surface area contributed by atoms with Crippen molar-refractivity contribution in [2.75, 3.05) is 32.8 Å². The second-order valence-corrected chi connectivity index (χ2v) is 6.22. The molecule has 1 aromatic carbocycles. The predicted molar refractivity (Wildman–Crippen MR) is 91.6 cm³/mol. The Morgan fingerprint density at radius 1 is 1.27 bits per heavy atom. The first-order valence-electron chi connectivity index (χ1n) is 8.37. The van der Waals surface area contributed by atoms with Gasteiger partial charge in [0, 0.05) is 12.1 Å². The van der Waals surface area contributed by atoms with E-state index in [1.54, 1.807) is 6.08 Å². The van der Waals surface area contributed by atoms with Gasteiger partial charge >= 0.3 is 0 Å². The van der Waals surface area contributed by atoms with Crippen LogP contribution in [-0.4, -0.2) is 37.7 Å². The summed E-state index contributed by atoms with van der Waals surface area (Å²) in [4.78, 5) is 2.47. The standard InChI is InChI=1S/C19H29NO2/c1-4-12-21-15-18-14-17(16(2)3)7-8-19(18)22-13-11-20-9-5-6-10-20/h4,7-8,14,16H,1,5-6,9-13,15H2,2-3H3. The Bertz CT molecular complexity index is 465. The Morgan fingerprint density at radius 2 is 2.05 bits per heavy atom. The number of hydrogen-bond donors (Lipinski definition) is 0. The third-order valence-corrected chi connectivity index (χ3v) is 4.11. The Balaban J connectivity index is 1.95. The third kappa shape index (κ3) is 5.15. The zero-order chi connectivity index (χ0) is 15.8. The normalized spacial score (nSPS) is 15.4. The van der Waals surface area contributed by atoms with Crippen LogP contribution in [0.5, 0.6) is 5.75 Å². The highest BCUT2D eigenvalue weighted by molar-refractivity contribution is 5.38. The molecule has 0 aliphatic carbocycles. The molecule has 0 bridgehead atoms. The van der Waals surface area contributed by atoms with Crippen molar-refractivity contribution in [3.8, 4) is 5.75 Å². The SMILES string of the molecule is C=CCOCc1cc(C(C)C)ccc1OCCN1CCCC1. The third-order valence-electron chi connectivity index (χ3n) is 4.11. The summed E-state index contributed by atoms with van der Waals surface area (Å²) in [6, 6.07) is 6.46. The molecule has 0 atom stereocenters. The van der Waals surface area contributed by atoms with Gasteiger partial charge in [-0.25, -0.2) is 0 Å². The van der Waals surface area contributed by atoms with Gasteiger partial charge in [-0.05, 0) is 49.5 Å². The molecular weight excluding hydrogens is 274 g/mol. The van der Waals surface area contributed by atoms with Gasteiger partial charge in [-0.3, -0.25) is 4.90 Å². The number of rotatable bonds is 9. The summed E-state index contributed by atoms with van der Waals surface area (Å²) in [5.41, 5.74) is 2.46. The molecule has 1 aliphatic rings. The quantitative estimate of drug-likeness (QED) is 0.508. The van der Waals surface area contributed by atoms with Crippen LogP contribution in [0.4, 0.5) is 0 Å². The van der Waals surface area contributed by atoms with Crippen LogP contribution in [0, 0.1) is 0 Å². The summed E-state index contributed by atoms with van der Waals surface area (Å²) in [5.74, 6) is 1.46. The highest BCUT2D eigenvalue weighted by Crippen LogP contribution is 2.25. The molecule has 0 unspecified atom stereocenters. The van der Waals surface area contributed by atoms with Gasteiger partial charge < -0.3 is 9.47 Å². The molecule has 1 saturated heterocycles. The van der Waals surface area contributed by atoms with Crippen molar-refractivity contribution in [1.82, 2.24) is 4.90 Å². The first-order valence-corrected chi connectivity index (χ1v) is 8.37. The van der Waals surface area contributed by atoms with Gasteiger partial charge in [-0.2, -0.15) is 0 Å². The van der Waals surface area contributed by atoms with Gasteiger partial charge in [-0.1, -0.05) is 26.0 Å². The molecule has 1 aromatic rings. The maximum Gasteiger partial charge on any atom is 0.124 e. The minimum Gasteiger partial charge on any atom is -0.492 e. The Hall–Kier alpha value is -1.32. The second kappa shape index (κ2) is 8.96. The predicted octanol–water partition coefficient (Wildman–Crippen LogP) is 3.99. The molecule has 0 N–H and O–H groups in total. The lowest BCUT2D eigenvalue weighted by Crippen LogP contribution is -2.25. The Morgan fingerprint density at radius 3 is 2.73 bits per heavy atom. The fourth-order valence-electron chi connectivity index (χ4n) is 2.76. The fraction of sp³-hybridized carbons (Fsp3) is 0.579. The first kappa shape index (κ1) is 17.0. The van der Waals surface area contributed by atoms with E-state index in [9.17, 15) is 0 Å². The summed E-state index contributed by atoms with van der Waals surface area (Å²) in [6.07, 6.45) is 4.42. The molecule has 1 aliphatic heterocycles. The van der Waals surface area contributed by atoms with E-state index in [-0.39, 0.29) is 0 Å². The van der Waals surface area contributed by atoms with Gasteiger partial charge in [0.25, 0.3) is 0 Å². The van der Waals surface area contributed by atoms with Gasteiger partial charge in [0.2, 0.25) is 0 Å². The van der Waals surface area contributed by atoms with E-state index in [0.29, 0.717) is 19.1 Å². The summed E-state index contributed by atoms with van der Waals surface area (Å²) >= 11 is 0. The lowest BCUT2D eigenvalue weighted by Gasteiger charge is -2.18. The van der Waals surface area contributed by atoms with E-state index in [1.165, 1.54) is 31.5 Å². The molecule has 1 heterocycles. The largest absolute Gasteiger partial charge is 0.492 e. The van der Waals surface area contributed by atoms with Crippen LogP contribution < -0.4 is 4.74 Å². The van der Waals surface area contributed by atoms with Crippen molar-refractivity contribution in [2.45, 2.75) is 39.2 Å². The van der Waals surface area contributed by atoms with Gasteiger partial charge in [0.05, 0.1) is 13.2 Å². The van der Waals surface area contributed by atoms with Gasteiger partial charge in [0.1, 0.15) is 12.4 Å². The first-order chi connectivity index (χ1) is 10.7. The monoisotopic (exact) mass is 303 g/mol. The number of hydrogen-bond acceptors (Lipinski definition) is 3. The van der Waals surface area contributed by atoms with Crippen molar-refractivity contribution in [2.24, 2.45) is 0 Å². The van der Waals surface area contributed by atoms with Crippen molar-refractivity contribution in [3.63, 3.8) is 0 Å². The fourth-order valence-corrected chi connectivity index (χ4v) is 2.76. The lowest BCUT2D eigenvalue weighted by atomic mass is 10.0. The van der Waals surface area contributed by atoms with Crippen LogP contribution in [0.25, 0.3) is 0 Å². The van der Waals surface area contributed by atoms with E-state index in [0.717, 1.165) is 24.5 Å². The van der Waals surface area contributed by atoms with E-state index in [2.05, 4.69) is 43.5 Å². The average Bonchev–Trinajstić information content (AvgIpc) is 3.02. The maximum atomic E-state index is 6.02. The van der Waals surface area contributed by atoms with Gasteiger partial charge in [-0.15, -0.1) is 6.58 Å². The molecular formula is C19H29NO2. The van der Waals surface area contributed by atoms with E-state index >= 15 is 0 Å². The number of nitrogens with zero attached hydrogens (tertiary/aromatic N) is 1. The summed E-state index contributed by atoms with van der Waals surface area (Å²) in [7, 11) is 0. The Kier molecular flexibility index (Phi) is 6.94. The van der Waals surface area contributed by atoms with Crippen molar-refractivity contribution in [1.29, 1.82) is 0 Å². The van der Waals surface area contributed by atoms with Crippen LogP contribution in [0.15, 0.2) is 30.9 Å². The number of likely N-dealkylation sites (tertiary alicyclic amines) is 1. The number of ether oxygens (including phenoxy) is 2. The van der Waals surface area contributed by atoms with Crippen LogP contribution >= 0.6 is 0 Å². The van der Waals surface area contributed by atoms with E-state index in [1.807, 2.05) is 0 Å². The Labute approximate surface area is 134 Å². The molecule has 0 spiro atoms. The molecule has 3 nitrogen and oxygen atoms in total. The summed E-state index contributed by atoms with van der Waals surface area (Å²) < 4.78 is 11.6. The minimum atomic E-state index is 0.511. The minimum absolute atomic E-state index is 0.511. The van der Waals surface area contributed by atoms with Crippen LogP contribution in [0.2, 0.25) is 0 Å². The molecule has 22 heavy (non-hydrogen) atoms. The van der Waals surface area contributed by atoms with Crippen LogP contribution in [0.3, 0.4) is 0 Å². The van der Waals surface area contributed by atoms with Crippen LogP contribution in [-0.2, 0) is 11.3 Å². The average molecular weight is 303 g/mol. The zero-order valence-corrected chi connectivity index (χ0v) is 14.0. The molecule has 0 saturated carbocycles. The molecule has 2 rings (SSSR count). The topological polar surface area (TPSA) is 21.7 Å². The molecule has 0 radical (unpaired) electrons. The van der Waals surface area contributed by atoms with E-state index < -0.39 is 0 Å². The van der Waals surface area contributed by atoms with Crippen molar-refractivity contribution in [3.05, 3.63) is 42.0 Å². The molecule has 122 valence electrons. The molecule has 0 aromatic heterocycles. The summed E-state index contributed by atoms with van der Waals surface area (Å²) in [6.45, 7) is 13.4. The molecule has 1 fully saturated rings. The number of benzene rings is 1. The lowest BCUT2D eigenvalue weighted by molar-refractivity contribution is 0.144. The molecule has 3 heteroatoms. The highest BCUT2D eigenvalue weighted by Gasteiger charge is 2.12. The second-order valence-electron chi connectivity index (χ2n) is 6.22. The molecule has 0 amide bonds. The van der Waals surface area contributed by atoms with E-state index in [4.69, 9.17) is 9.47 Å². The van der Waals surface area contributed by atoms with Crippen molar-refractivity contribution < 1.29 is 9.47 Å². The highest BCUT2D eigenvalue weighted by atomic mass is 16.5. The van der Waals surface area contributed by atoms with Gasteiger partial charge in [0.15, 0.2) is 0 Å². The summed E-state index contributed by atoms with van der Waals surface area (Å²) in [5, 5.41) is 0. The van der Waals surface area contributed by atoms with Crippen molar-refractivity contribution >= 4 is 0 Å². The van der Waals surface area contributed by atoms with Crippen LogP contribution in [0.1, 0.15) is 43.7 Å². The zero-order valence-electron chi connectivity index (χ0n) is 14.0.